The van der Waals surface area contributed by atoms with Crippen molar-refractivity contribution < 1.29 is 0 Å². The molecule has 0 radical (unpaired) electrons. The summed E-state index contributed by atoms with van der Waals surface area (Å²) in [5.74, 6) is 0. The highest BCUT2D eigenvalue weighted by atomic mass is 32.1. The van der Waals surface area contributed by atoms with Gasteiger partial charge in [-0.05, 0) is 41.1 Å². The van der Waals surface area contributed by atoms with Crippen molar-refractivity contribution in [3.8, 4) is 0 Å². The molecule has 0 bridgehead atoms. The number of nitrogens with zero attached hydrogens (tertiary/aromatic N) is 1. The highest BCUT2D eigenvalue weighted by Gasteiger charge is 2.33. The monoisotopic (exact) mass is 266 g/mol. The van der Waals surface area contributed by atoms with Gasteiger partial charge in [0.1, 0.15) is 0 Å². The molecule has 2 unspecified atom stereocenters. The Hall–Kier alpha value is -0.380. The van der Waals surface area contributed by atoms with Gasteiger partial charge in [-0.25, -0.2) is 0 Å². The zero-order chi connectivity index (χ0) is 13.2. The molecule has 1 aromatic heterocycles. The molecule has 18 heavy (non-hydrogen) atoms. The molecule has 0 aromatic carbocycles. The van der Waals surface area contributed by atoms with Crippen LogP contribution in [0.5, 0.6) is 0 Å². The van der Waals surface area contributed by atoms with E-state index in [1.54, 1.807) is 11.3 Å². The number of hydrogen-bond donors (Lipinski definition) is 1. The zero-order valence-corrected chi connectivity index (χ0v) is 12.9. The van der Waals surface area contributed by atoms with Crippen molar-refractivity contribution in [1.29, 1.82) is 0 Å². The molecular formula is C15H26N2S. The van der Waals surface area contributed by atoms with Crippen LogP contribution in [0.1, 0.15) is 33.3 Å². The van der Waals surface area contributed by atoms with Crippen LogP contribution in [0.4, 0.5) is 0 Å². The van der Waals surface area contributed by atoms with Gasteiger partial charge in [0, 0.05) is 31.7 Å². The highest BCUT2D eigenvalue weighted by molar-refractivity contribution is 7.07. The van der Waals surface area contributed by atoms with Crippen molar-refractivity contribution in [2.24, 2.45) is 5.41 Å². The Morgan fingerprint density at radius 1 is 1.44 bits per heavy atom. The van der Waals surface area contributed by atoms with Gasteiger partial charge < -0.3 is 5.32 Å². The fraction of sp³-hybridized carbons (Fsp3) is 0.733. The average Bonchev–Trinajstić information content (AvgIpc) is 2.77. The van der Waals surface area contributed by atoms with Gasteiger partial charge in [-0.3, -0.25) is 4.90 Å². The van der Waals surface area contributed by atoms with E-state index in [4.69, 9.17) is 0 Å². The minimum absolute atomic E-state index is 0.349. The second-order valence-electron chi connectivity index (χ2n) is 6.57. The zero-order valence-electron chi connectivity index (χ0n) is 12.1. The number of hydrogen-bond acceptors (Lipinski definition) is 3. The van der Waals surface area contributed by atoms with E-state index < -0.39 is 0 Å². The lowest BCUT2D eigenvalue weighted by Crippen LogP contribution is -2.60. The summed E-state index contributed by atoms with van der Waals surface area (Å²) in [5.41, 5.74) is 1.83. The lowest BCUT2D eigenvalue weighted by Gasteiger charge is -2.46. The predicted octanol–water partition coefficient (Wildman–Crippen LogP) is 3.00. The van der Waals surface area contributed by atoms with Crippen molar-refractivity contribution in [2.75, 3.05) is 19.6 Å². The second-order valence-corrected chi connectivity index (χ2v) is 7.35. The standard InChI is InChI=1S/C15H26N2S/c1-12-10-17(7-5-13-6-8-18-11-13)14(9-16-12)15(2,3)4/h6,8,11-12,14,16H,5,7,9-10H2,1-4H3. The van der Waals surface area contributed by atoms with Gasteiger partial charge in [0.25, 0.3) is 0 Å². The first-order valence-electron chi connectivity index (χ1n) is 6.95. The van der Waals surface area contributed by atoms with Crippen LogP contribution in [0.3, 0.4) is 0 Å². The summed E-state index contributed by atoms with van der Waals surface area (Å²) in [4.78, 5) is 2.68. The van der Waals surface area contributed by atoms with E-state index in [2.05, 4.69) is 54.7 Å². The molecule has 1 aliphatic heterocycles. The maximum atomic E-state index is 3.62. The maximum Gasteiger partial charge on any atom is 0.0269 e. The number of thiophene rings is 1. The molecule has 2 rings (SSSR count). The fourth-order valence-corrected chi connectivity index (χ4v) is 3.50. The third-order valence-electron chi connectivity index (χ3n) is 3.88. The van der Waals surface area contributed by atoms with Gasteiger partial charge >= 0.3 is 0 Å². The van der Waals surface area contributed by atoms with Crippen LogP contribution >= 0.6 is 11.3 Å². The van der Waals surface area contributed by atoms with Crippen molar-refractivity contribution in [1.82, 2.24) is 10.2 Å². The molecule has 0 saturated carbocycles. The van der Waals surface area contributed by atoms with Crippen LogP contribution in [0.2, 0.25) is 0 Å². The van der Waals surface area contributed by atoms with Crippen molar-refractivity contribution >= 4 is 11.3 Å². The number of piperazine rings is 1. The van der Waals surface area contributed by atoms with Crippen LogP contribution in [0, 0.1) is 5.41 Å². The molecule has 0 aliphatic carbocycles. The van der Waals surface area contributed by atoms with Gasteiger partial charge in [-0.2, -0.15) is 11.3 Å². The molecule has 1 saturated heterocycles. The summed E-state index contributed by atoms with van der Waals surface area (Å²) in [7, 11) is 0. The van der Waals surface area contributed by atoms with Crippen LogP contribution < -0.4 is 5.32 Å². The lowest BCUT2D eigenvalue weighted by molar-refractivity contribution is 0.0601. The van der Waals surface area contributed by atoms with Crippen LogP contribution in [0.15, 0.2) is 16.8 Å². The molecule has 2 nitrogen and oxygen atoms in total. The Kier molecular flexibility index (Phi) is 4.46. The van der Waals surface area contributed by atoms with Gasteiger partial charge in [0.15, 0.2) is 0 Å². The van der Waals surface area contributed by atoms with Gasteiger partial charge in [-0.1, -0.05) is 20.8 Å². The smallest absolute Gasteiger partial charge is 0.0269 e. The van der Waals surface area contributed by atoms with Crippen molar-refractivity contribution in [3.63, 3.8) is 0 Å². The van der Waals surface area contributed by atoms with Crippen LogP contribution in [-0.2, 0) is 6.42 Å². The third kappa shape index (κ3) is 3.56. The summed E-state index contributed by atoms with van der Waals surface area (Å²) in [6.45, 7) is 12.8. The van der Waals surface area contributed by atoms with Crippen molar-refractivity contribution in [2.45, 2.75) is 46.2 Å². The quantitative estimate of drug-likeness (QED) is 0.905. The predicted molar refractivity (Wildman–Crippen MR) is 80.3 cm³/mol. The van der Waals surface area contributed by atoms with Gasteiger partial charge in [0.05, 0.1) is 0 Å². The largest absolute Gasteiger partial charge is 0.311 e. The van der Waals surface area contributed by atoms with E-state index in [0.717, 1.165) is 6.54 Å². The summed E-state index contributed by atoms with van der Waals surface area (Å²) >= 11 is 1.80. The SMILES string of the molecule is CC1CN(CCc2ccsc2)C(C(C)(C)C)CN1. The summed E-state index contributed by atoms with van der Waals surface area (Å²) in [5, 5.41) is 8.08. The second kappa shape index (κ2) is 5.72. The van der Waals surface area contributed by atoms with Crippen LogP contribution in [0.25, 0.3) is 0 Å². The van der Waals surface area contributed by atoms with E-state index in [9.17, 15) is 0 Å². The van der Waals surface area contributed by atoms with Gasteiger partial charge in [-0.15, -0.1) is 0 Å². The maximum absolute atomic E-state index is 3.62. The molecule has 1 aliphatic rings. The molecule has 2 heterocycles. The van der Waals surface area contributed by atoms with E-state index in [1.165, 1.54) is 25.1 Å². The molecule has 1 fully saturated rings. The Morgan fingerprint density at radius 3 is 2.83 bits per heavy atom. The van der Waals surface area contributed by atoms with E-state index in [0.29, 0.717) is 17.5 Å². The topological polar surface area (TPSA) is 15.3 Å². The minimum atomic E-state index is 0.349. The summed E-state index contributed by atoms with van der Waals surface area (Å²) in [6.07, 6.45) is 1.18. The normalized spacial score (nSPS) is 26.4. The van der Waals surface area contributed by atoms with Gasteiger partial charge in [0.2, 0.25) is 0 Å². The summed E-state index contributed by atoms with van der Waals surface area (Å²) in [6, 6.07) is 3.51. The number of rotatable bonds is 3. The Bertz CT molecular complexity index is 353. The van der Waals surface area contributed by atoms with Crippen molar-refractivity contribution in [3.05, 3.63) is 22.4 Å². The Labute approximate surface area is 115 Å². The minimum Gasteiger partial charge on any atom is -0.311 e. The fourth-order valence-electron chi connectivity index (χ4n) is 2.79. The molecule has 0 spiro atoms. The summed E-state index contributed by atoms with van der Waals surface area (Å²) < 4.78 is 0. The third-order valence-corrected chi connectivity index (χ3v) is 4.61. The van der Waals surface area contributed by atoms with E-state index >= 15 is 0 Å². The molecular weight excluding hydrogens is 240 g/mol. The Morgan fingerprint density at radius 2 is 2.22 bits per heavy atom. The molecule has 2 atom stereocenters. The van der Waals surface area contributed by atoms with E-state index in [1.807, 2.05) is 0 Å². The highest BCUT2D eigenvalue weighted by Crippen LogP contribution is 2.26. The average molecular weight is 266 g/mol. The molecule has 0 amide bonds. The first-order chi connectivity index (χ1) is 8.47. The van der Waals surface area contributed by atoms with E-state index in [-0.39, 0.29) is 0 Å². The molecule has 3 heteroatoms. The first-order valence-corrected chi connectivity index (χ1v) is 7.89. The lowest BCUT2D eigenvalue weighted by atomic mass is 9.84. The molecule has 1 N–H and O–H groups in total. The molecule has 102 valence electrons. The van der Waals surface area contributed by atoms with Crippen LogP contribution in [-0.4, -0.2) is 36.6 Å². The molecule has 1 aromatic rings. The first kappa shape index (κ1) is 14.0. The number of nitrogens with one attached hydrogen (secondary N) is 1. The Balaban J connectivity index is 1.97.